The average molecular weight is 570 g/mol. The summed E-state index contributed by atoms with van der Waals surface area (Å²) in [4.78, 5) is 26.4. The van der Waals surface area contributed by atoms with Crippen molar-refractivity contribution in [3.05, 3.63) is 38.1 Å². The van der Waals surface area contributed by atoms with Gasteiger partial charge in [0.2, 0.25) is 5.88 Å². The molecule has 0 spiro atoms. The lowest BCUT2D eigenvalue weighted by Gasteiger charge is -2.58. The number of hydrogen-bond donors (Lipinski definition) is 3. The number of aliphatic hydroxyl groups is 1. The Morgan fingerprint density at radius 2 is 1.88 bits per heavy atom. The molecule has 8 nitrogen and oxygen atoms in total. The molecule has 1 unspecified atom stereocenters. The number of allylic oxidation sites excluding steroid dienone is 1. The Labute approximate surface area is 244 Å². The summed E-state index contributed by atoms with van der Waals surface area (Å²) >= 11 is 0. The maximum absolute atomic E-state index is 13.7. The van der Waals surface area contributed by atoms with E-state index in [0.29, 0.717) is 30.7 Å². The van der Waals surface area contributed by atoms with Crippen molar-refractivity contribution in [2.45, 2.75) is 103 Å². The van der Waals surface area contributed by atoms with Crippen molar-refractivity contribution in [3.63, 3.8) is 0 Å². The van der Waals surface area contributed by atoms with Crippen LogP contribution in [0.2, 0.25) is 0 Å². The highest BCUT2D eigenvalue weighted by Gasteiger charge is 2.69. The fourth-order valence-electron chi connectivity index (χ4n) is 10.8. The van der Waals surface area contributed by atoms with Crippen LogP contribution in [-0.4, -0.2) is 38.1 Å². The molecular formula is C33H51N3O5. The number of aromatic hydroxyl groups is 1. The van der Waals surface area contributed by atoms with E-state index in [9.17, 15) is 19.8 Å². The van der Waals surface area contributed by atoms with Gasteiger partial charge in [0.1, 0.15) is 11.2 Å². The summed E-state index contributed by atoms with van der Waals surface area (Å²) in [6, 6.07) is 0. The molecule has 4 N–H and O–H groups in total. The molecule has 4 fully saturated rings. The third-order valence-electron chi connectivity index (χ3n) is 13.3. The molecular weight excluding hydrogens is 518 g/mol. The Morgan fingerprint density at radius 1 is 1.15 bits per heavy atom. The predicted molar refractivity (Wildman–Crippen MR) is 158 cm³/mol. The van der Waals surface area contributed by atoms with E-state index in [1.807, 2.05) is 0 Å². The third kappa shape index (κ3) is 3.95. The SMILES string of the molecule is C[C@H](CN)CCC1(c2c(O)n(C)c(=O)n(C)c2=O)O[C@H]2C[C@H]3[C@@H]4CC=C5C[C@H](O)CC[C@]5(C)[C@H]4CC[C@]3(C)[C@H]2[C@@H]1C. The number of fused-ring (bicyclic) bond motifs is 7. The first kappa shape index (κ1) is 29.2. The summed E-state index contributed by atoms with van der Waals surface area (Å²) in [6.07, 6.45) is 10.8. The number of aromatic nitrogens is 2. The first-order valence-corrected chi connectivity index (χ1v) is 16.0. The van der Waals surface area contributed by atoms with Gasteiger partial charge in [0.15, 0.2) is 0 Å². The van der Waals surface area contributed by atoms with Gasteiger partial charge < -0.3 is 20.7 Å². The summed E-state index contributed by atoms with van der Waals surface area (Å²) in [7, 11) is 3.00. The van der Waals surface area contributed by atoms with Crippen molar-refractivity contribution in [1.82, 2.24) is 9.13 Å². The van der Waals surface area contributed by atoms with E-state index in [-0.39, 0.29) is 52.2 Å². The monoisotopic (exact) mass is 569 g/mol. The van der Waals surface area contributed by atoms with E-state index in [0.717, 1.165) is 49.5 Å². The van der Waals surface area contributed by atoms with E-state index >= 15 is 0 Å². The summed E-state index contributed by atoms with van der Waals surface area (Å²) in [5.41, 5.74) is 6.02. The Hall–Kier alpha value is -1.90. The van der Waals surface area contributed by atoms with Crippen molar-refractivity contribution in [2.75, 3.05) is 6.54 Å². The van der Waals surface area contributed by atoms with Crippen LogP contribution in [0.15, 0.2) is 21.2 Å². The summed E-state index contributed by atoms with van der Waals surface area (Å²) in [6.45, 7) is 9.82. The lowest BCUT2D eigenvalue weighted by Crippen LogP contribution is -2.52. The molecule has 3 saturated carbocycles. The number of aliphatic hydroxyl groups excluding tert-OH is 1. The van der Waals surface area contributed by atoms with Gasteiger partial charge in [-0.1, -0.05) is 39.3 Å². The lowest BCUT2D eigenvalue weighted by molar-refractivity contribution is -0.0933. The Balaban J connectivity index is 1.39. The summed E-state index contributed by atoms with van der Waals surface area (Å²) in [5.74, 6) is 2.01. The predicted octanol–water partition coefficient (Wildman–Crippen LogP) is 3.94. The Morgan fingerprint density at radius 3 is 2.59 bits per heavy atom. The number of ether oxygens (including phenoxy) is 1. The topological polar surface area (TPSA) is 120 Å². The highest BCUT2D eigenvalue weighted by Crippen LogP contribution is 2.71. The smallest absolute Gasteiger partial charge is 0.333 e. The van der Waals surface area contributed by atoms with Crippen LogP contribution in [0.4, 0.5) is 0 Å². The fourth-order valence-corrected chi connectivity index (χ4v) is 10.8. The van der Waals surface area contributed by atoms with Crippen LogP contribution in [0.25, 0.3) is 0 Å². The number of nitrogens with zero attached hydrogens (tertiary/aromatic N) is 2. The molecule has 1 aliphatic heterocycles. The molecule has 1 aromatic rings. The van der Waals surface area contributed by atoms with Gasteiger partial charge in [0.05, 0.1) is 12.2 Å². The second-order valence-electron chi connectivity index (χ2n) is 15.1. The molecule has 0 radical (unpaired) electrons. The van der Waals surface area contributed by atoms with Gasteiger partial charge in [-0.25, -0.2) is 4.79 Å². The van der Waals surface area contributed by atoms with Crippen LogP contribution in [0.5, 0.6) is 5.88 Å². The van der Waals surface area contributed by atoms with Crippen LogP contribution < -0.4 is 17.0 Å². The molecule has 41 heavy (non-hydrogen) atoms. The Kier molecular flexibility index (Phi) is 6.99. The largest absolute Gasteiger partial charge is 0.494 e. The van der Waals surface area contributed by atoms with Gasteiger partial charge >= 0.3 is 5.69 Å². The van der Waals surface area contributed by atoms with Crippen LogP contribution in [0, 0.1) is 46.3 Å². The summed E-state index contributed by atoms with van der Waals surface area (Å²) < 4.78 is 9.47. The third-order valence-corrected chi connectivity index (χ3v) is 13.3. The van der Waals surface area contributed by atoms with Gasteiger partial charge in [0, 0.05) is 14.1 Å². The van der Waals surface area contributed by atoms with Crippen molar-refractivity contribution in [1.29, 1.82) is 0 Å². The molecule has 2 heterocycles. The molecule has 4 aliphatic carbocycles. The quantitative estimate of drug-likeness (QED) is 0.462. The first-order valence-electron chi connectivity index (χ1n) is 16.0. The molecule has 11 atom stereocenters. The normalized spacial score (nSPS) is 44.0. The molecule has 1 aromatic heterocycles. The van der Waals surface area contributed by atoms with Crippen LogP contribution in [0.1, 0.15) is 91.0 Å². The molecule has 0 amide bonds. The Bertz CT molecular complexity index is 1370. The van der Waals surface area contributed by atoms with E-state index in [2.05, 4.69) is 33.8 Å². The van der Waals surface area contributed by atoms with E-state index < -0.39 is 16.9 Å². The van der Waals surface area contributed by atoms with Crippen molar-refractivity contribution in [3.8, 4) is 5.88 Å². The zero-order chi connectivity index (χ0) is 29.6. The minimum Gasteiger partial charge on any atom is -0.494 e. The minimum absolute atomic E-state index is 0.000339. The van der Waals surface area contributed by atoms with Crippen molar-refractivity contribution < 1.29 is 14.9 Å². The van der Waals surface area contributed by atoms with E-state index in [1.54, 1.807) is 0 Å². The fraction of sp³-hybridized carbons (Fsp3) is 0.818. The van der Waals surface area contributed by atoms with Crippen molar-refractivity contribution >= 4 is 0 Å². The van der Waals surface area contributed by atoms with Gasteiger partial charge in [-0.05, 0) is 111 Å². The minimum atomic E-state index is -0.973. The second-order valence-corrected chi connectivity index (χ2v) is 15.1. The van der Waals surface area contributed by atoms with Crippen LogP contribution >= 0.6 is 0 Å². The van der Waals surface area contributed by atoms with E-state index in [4.69, 9.17) is 10.5 Å². The molecule has 8 heteroatoms. The van der Waals surface area contributed by atoms with E-state index in [1.165, 1.54) is 30.7 Å². The number of rotatable bonds is 5. The standard InChI is InChI=1S/C33H51N3O5/c1-18(17-34)9-14-33(27-28(38)35(5)30(40)36(6)29(27)39)19(2)26-25(41-33)16-24-22-8-7-20-15-21(37)10-12-31(20,3)23(22)11-13-32(24,26)4/h7,18-19,21-26,37-38H,8-17,34H2,1-6H3/t18-,19-,21+,22+,23-,24-,25-,26-,31-,32-,33?/m0/s1. The zero-order valence-electron chi connectivity index (χ0n) is 25.9. The molecule has 0 bridgehead atoms. The highest BCUT2D eigenvalue weighted by atomic mass is 16.5. The summed E-state index contributed by atoms with van der Waals surface area (Å²) in [5, 5.41) is 21.7. The van der Waals surface area contributed by atoms with Gasteiger partial charge in [-0.3, -0.25) is 13.9 Å². The highest BCUT2D eigenvalue weighted by molar-refractivity contribution is 5.34. The molecule has 228 valence electrons. The number of nitrogens with two attached hydrogens (primary N) is 1. The average Bonchev–Trinajstić information content (AvgIpc) is 3.40. The van der Waals surface area contributed by atoms with Gasteiger partial charge in [0.25, 0.3) is 5.56 Å². The maximum atomic E-state index is 13.7. The van der Waals surface area contributed by atoms with Crippen LogP contribution in [0.3, 0.4) is 0 Å². The van der Waals surface area contributed by atoms with Crippen molar-refractivity contribution in [2.24, 2.45) is 66.2 Å². The lowest BCUT2D eigenvalue weighted by atomic mass is 9.46. The second kappa shape index (κ2) is 9.81. The maximum Gasteiger partial charge on any atom is 0.333 e. The molecule has 1 saturated heterocycles. The molecule has 5 aliphatic rings. The van der Waals surface area contributed by atoms with Gasteiger partial charge in [-0.15, -0.1) is 0 Å². The number of hydrogen-bond acceptors (Lipinski definition) is 6. The molecule has 0 aromatic carbocycles. The van der Waals surface area contributed by atoms with Gasteiger partial charge in [-0.2, -0.15) is 0 Å². The zero-order valence-corrected chi connectivity index (χ0v) is 25.9. The first-order chi connectivity index (χ1) is 19.3. The molecule has 6 rings (SSSR count). The van der Waals surface area contributed by atoms with Crippen LogP contribution in [-0.2, 0) is 24.4 Å².